The van der Waals surface area contributed by atoms with E-state index in [2.05, 4.69) is 43.1 Å². The number of nitrogens with zero attached hydrogens (tertiary/aromatic N) is 3. The molecule has 2 heterocycles. The number of anilines is 1. The van der Waals surface area contributed by atoms with E-state index in [1.807, 2.05) is 20.0 Å². The van der Waals surface area contributed by atoms with Crippen molar-refractivity contribution < 1.29 is 0 Å². The van der Waals surface area contributed by atoms with Crippen LogP contribution in [0.15, 0.2) is 22.9 Å². The van der Waals surface area contributed by atoms with Gasteiger partial charge in [-0.1, -0.05) is 6.92 Å². The normalized spacial score (nSPS) is 10.4. The number of aromatic nitrogens is 3. The Morgan fingerprint density at radius 2 is 2.06 bits per heavy atom. The van der Waals surface area contributed by atoms with Crippen LogP contribution in [0, 0.1) is 6.92 Å². The van der Waals surface area contributed by atoms with Crippen LogP contribution in [0.25, 0.3) is 11.4 Å². The maximum atomic E-state index is 4.60. The predicted octanol–water partition coefficient (Wildman–Crippen LogP) is 3.21. The Labute approximate surface area is 115 Å². The molecule has 94 valence electrons. The van der Waals surface area contributed by atoms with Crippen molar-refractivity contribution in [2.75, 3.05) is 12.4 Å². The average Bonchev–Trinajstić information content (AvgIpc) is 2.39. The zero-order valence-electron chi connectivity index (χ0n) is 10.7. The fourth-order valence-electron chi connectivity index (χ4n) is 1.81. The Bertz CT molecular complexity index is 544. The molecule has 0 spiro atoms. The van der Waals surface area contributed by atoms with Crippen molar-refractivity contribution in [2.45, 2.75) is 20.3 Å². The number of pyridine rings is 1. The lowest BCUT2D eigenvalue weighted by Gasteiger charge is -2.11. The first-order valence-electron chi connectivity index (χ1n) is 5.82. The van der Waals surface area contributed by atoms with Crippen LogP contribution < -0.4 is 5.32 Å². The fraction of sp³-hybridized carbons (Fsp3) is 0.308. The molecule has 0 fully saturated rings. The SMILES string of the molecule is CCc1nc(-c2cncc(Br)c2)nc(NC)c1C. The quantitative estimate of drug-likeness (QED) is 0.946. The molecule has 0 aliphatic carbocycles. The maximum absolute atomic E-state index is 4.60. The summed E-state index contributed by atoms with van der Waals surface area (Å²) in [5.41, 5.74) is 3.08. The summed E-state index contributed by atoms with van der Waals surface area (Å²) in [4.78, 5) is 13.3. The molecule has 0 atom stereocenters. The lowest BCUT2D eigenvalue weighted by Crippen LogP contribution is -2.04. The van der Waals surface area contributed by atoms with Crippen molar-refractivity contribution in [3.05, 3.63) is 34.2 Å². The summed E-state index contributed by atoms with van der Waals surface area (Å²) < 4.78 is 0.924. The number of aryl methyl sites for hydroxylation is 1. The predicted molar refractivity (Wildman–Crippen MR) is 76.6 cm³/mol. The zero-order valence-corrected chi connectivity index (χ0v) is 12.2. The van der Waals surface area contributed by atoms with Gasteiger partial charge in [0.25, 0.3) is 0 Å². The van der Waals surface area contributed by atoms with Gasteiger partial charge in [-0.15, -0.1) is 0 Å². The molecule has 0 radical (unpaired) electrons. The Morgan fingerprint density at radius 1 is 1.28 bits per heavy atom. The molecule has 0 bridgehead atoms. The second-order valence-electron chi connectivity index (χ2n) is 3.96. The van der Waals surface area contributed by atoms with Crippen molar-refractivity contribution in [3.63, 3.8) is 0 Å². The second kappa shape index (κ2) is 5.44. The van der Waals surface area contributed by atoms with Crippen LogP contribution in [-0.2, 0) is 6.42 Å². The van der Waals surface area contributed by atoms with Gasteiger partial charge in [-0.3, -0.25) is 4.98 Å². The second-order valence-corrected chi connectivity index (χ2v) is 4.88. The third-order valence-corrected chi connectivity index (χ3v) is 3.22. The third-order valence-electron chi connectivity index (χ3n) is 2.78. The maximum Gasteiger partial charge on any atom is 0.163 e. The van der Waals surface area contributed by atoms with Gasteiger partial charge < -0.3 is 5.32 Å². The summed E-state index contributed by atoms with van der Waals surface area (Å²) in [6.45, 7) is 4.13. The standard InChI is InChI=1S/C13H15BrN4/c1-4-11-8(2)12(15-3)18-13(17-11)9-5-10(14)7-16-6-9/h5-7H,4H2,1-3H3,(H,15,17,18). The minimum Gasteiger partial charge on any atom is -0.373 e. The van der Waals surface area contributed by atoms with Gasteiger partial charge in [0.1, 0.15) is 5.82 Å². The molecule has 0 amide bonds. The van der Waals surface area contributed by atoms with E-state index >= 15 is 0 Å². The fourth-order valence-corrected chi connectivity index (χ4v) is 2.18. The Kier molecular flexibility index (Phi) is 3.91. The molecule has 1 N–H and O–H groups in total. The van der Waals surface area contributed by atoms with Gasteiger partial charge in [-0.25, -0.2) is 9.97 Å². The highest BCUT2D eigenvalue weighted by atomic mass is 79.9. The molecule has 0 aliphatic rings. The van der Waals surface area contributed by atoms with Gasteiger partial charge in [0.2, 0.25) is 0 Å². The van der Waals surface area contributed by atoms with Gasteiger partial charge in [0.15, 0.2) is 5.82 Å². The first-order chi connectivity index (χ1) is 8.65. The molecule has 0 aromatic carbocycles. The highest BCUT2D eigenvalue weighted by Gasteiger charge is 2.10. The molecular formula is C13H15BrN4. The third kappa shape index (κ3) is 2.51. The number of halogens is 1. The van der Waals surface area contributed by atoms with E-state index in [0.29, 0.717) is 5.82 Å². The van der Waals surface area contributed by atoms with E-state index in [-0.39, 0.29) is 0 Å². The lowest BCUT2D eigenvalue weighted by atomic mass is 10.1. The van der Waals surface area contributed by atoms with Gasteiger partial charge in [0.05, 0.1) is 0 Å². The summed E-state index contributed by atoms with van der Waals surface area (Å²) >= 11 is 3.41. The van der Waals surface area contributed by atoms with Gasteiger partial charge in [0, 0.05) is 40.7 Å². The first-order valence-corrected chi connectivity index (χ1v) is 6.61. The molecule has 2 aromatic heterocycles. The van der Waals surface area contributed by atoms with E-state index in [4.69, 9.17) is 0 Å². The smallest absolute Gasteiger partial charge is 0.163 e. The molecule has 4 nitrogen and oxygen atoms in total. The highest BCUT2D eigenvalue weighted by molar-refractivity contribution is 9.10. The number of hydrogen-bond acceptors (Lipinski definition) is 4. The highest BCUT2D eigenvalue weighted by Crippen LogP contribution is 2.23. The summed E-state index contributed by atoms with van der Waals surface area (Å²) in [7, 11) is 1.87. The van der Waals surface area contributed by atoms with Crippen LogP contribution in [0.4, 0.5) is 5.82 Å². The van der Waals surface area contributed by atoms with Crippen molar-refractivity contribution in [1.82, 2.24) is 15.0 Å². The molecule has 0 unspecified atom stereocenters. The topological polar surface area (TPSA) is 50.7 Å². The van der Waals surface area contributed by atoms with Crippen LogP contribution in [0.3, 0.4) is 0 Å². The van der Waals surface area contributed by atoms with Crippen LogP contribution >= 0.6 is 15.9 Å². The number of rotatable bonds is 3. The minimum absolute atomic E-state index is 0.704. The molecular weight excluding hydrogens is 292 g/mol. The molecule has 0 aliphatic heterocycles. The van der Waals surface area contributed by atoms with Crippen LogP contribution in [0.5, 0.6) is 0 Å². The summed E-state index contributed by atoms with van der Waals surface area (Å²) in [5, 5.41) is 3.11. The van der Waals surface area contributed by atoms with Crippen molar-refractivity contribution >= 4 is 21.7 Å². The monoisotopic (exact) mass is 306 g/mol. The lowest BCUT2D eigenvalue weighted by molar-refractivity contribution is 0.976. The van der Waals surface area contributed by atoms with Crippen LogP contribution in [0.2, 0.25) is 0 Å². The molecule has 0 saturated heterocycles. The molecule has 5 heteroatoms. The average molecular weight is 307 g/mol. The summed E-state index contributed by atoms with van der Waals surface area (Å²) in [6, 6.07) is 1.97. The van der Waals surface area contributed by atoms with Crippen molar-refractivity contribution in [3.8, 4) is 11.4 Å². The van der Waals surface area contributed by atoms with E-state index in [1.165, 1.54) is 0 Å². The molecule has 18 heavy (non-hydrogen) atoms. The number of hydrogen-bond donors (Lipinski definition) is 1. The molecule has 0 saturated carbocycles. The van der Waals surface area contributed by atoms with E-state index in [1.54, 1.807) is 12.4 Å². The van der Waals surface area contributed by atoms with E-state index < -0.39 is 0 Å². The van der Waals surface area contributed by atoms with Gasteiger partial charge >= 0.3 is 0 Å². The summed E-state index contributed by atoms with van der Waals surface area (Å²) in [5.74, 6) is 1.58. The molecule has 2 aromatic rings. The first kappa shape index (κ1) is 13.0. The van der Waals surface area contributed by atoms with Gasteiger partial charge in [-0.05, 0) is 35.3 Å². The van der Waals surface area contributed by atoms with E-state index in [0.717, 1.165) is 33.5 Å². The zero-order chi connectivity index (χ0) is 13.1. The summed E-state index contributed by atoms with van der Waals surface area (Å²) in [6.07, 6.45) is 4.41. The van der Waals surface area contributed by atoms with Crippen molar-refractivity contribution in [2.24, 2.45) is 0 Å². The minimum atomic E-state index is 0.704. The molecule has 2 rings (SSSR count). The van der Waals surface area contributed by atoms with Crippen molar-refractivity contribution in [1.29, 1.82) is 0 Å². The van der Waals surface area contributed by atoms with Crippen LogP contribution in [0.1, 0.15) is 18.2 Å². The number of nitrogens with one attached hydrogen (secondary N) is 1. The Hall–Kier alpha value is -1.49. The largest absolute Gasteiger partial charge is 0.373 e. The Morgan fingerprint density at radius 3 is 2.67 bits per heavy atom. The van der Waals surface area contributed by atoms with Gasteiger partial charge in [-0.2, -0.15) is 0 Å². The Balaban J connectivity index is 2.58. The van der Waals surface area contributed by atoms with E-state index in [9.17, 15) is 0 Å². The van der Waals surface area contributed by atoms with Crippen LogP contribution in [-0.4, -0.2) is 22.0 Å².